The Morgan fingerprint density at radius 3 is 2.87 bits per heavy atom. The Kier molecular flexibility index (Phi) is 2.84. The third-order valence-electron chi connectivity index (χ3n) is 2.07. The average molecular weight is 262 g/mol. The third-order valence-corrected chi connectivity index (χ3v) is 2.72. The van der Waals surface area contributed by atoms with Gasteiger partial charge in [0, 0.05) is 17.7 Å². The first-order chi connectivity index (χ1) is 7.35. The highest BCUT2D eigenvalue weighted by Gasteiger charge is 2.02. The SMILES string of the molecule is N#Cc1cccn1-c1ccc(CBr)cn1. The van der Waals surface area contributed by atoms with Crippen LogP contribution < -0.4 is 0 Å². The van der Waals surface area contributed by atoms with Crippen molar-refractivity contribution < 1.29 is 0 Å². The van der Waals surface area contributed by atoms with Crippen LogP contribution in [0, 0.1) is 11.3 Å². The number of nitriles is 1. The molecule has 3 nitrogen and oxygen atoms in total. The first kappa shape index (κ1) is 9.94. The summed E-state index contributed by atoms with van der Waals surface area (Å²) in [6.07, 6.45) is 3.62. The Balaban J connectivity index is 2.42. The Bertz CT molecular complexity index is 493. The maximum Gasteiger partial charge on any atom is 0.137 e. The molecule has 0 atom stereocenters. The Hall–Kier alpha value is -1.60. The Morgan fingerprint density at radius 1 is 1.40 bits per heavy atom. The van der Waals surface area contributed by atoms with E-state index in [-0.39, 0.29) is 0 Å². The minimum Gasteiger partial charge on any atom is -0.293 e. The second-order valence-electron chi connectivity index (χ2n) is 3.03. The fraction of sp³-hybridized carbons (Fsp3) is 0.0909. The molecule has 0 unspecified atom stereocenters. The van der Waals surface area contributed by atoms with Crippen molar-refractivity contribution in [3.8, 4) is 11.9 Å². The molecule has 0 saturated heterocycles. The predicted molar refractivity (Wildman–Crippen MR) is 60.9 cm³/mol. The van der Waals surface area contributed by atoms with Crippen molar-refractivity contribution in [3.63, 3.8) is 0 Å². The topological polar surface area (TPSA) is 41.6 Å². The number of pyridine rings is 1. The van der Waals surface area contributed by atoms with E-state index in [0.29, 0.717) is 5.69 Å². The Labute approximate surface area is 96.1 Å². The summed E-state index contributed by atoms with van der Waals surface area (Å²) in [5, 5.41) is 9.65. The van der Waals surface area contributed by atoms with Crippen LogP contribution >= 0.6 is 15.9 Å². The molecule has 2 aromatic rings. The molecule has 0 aliphatic heterocycles. The van der Waals surface area contributed by atoms with E-state index in [9.17, 15) is 0 Å². The quantitative estimate of drug-likeness (QED) is 0.780. The number of rotatable bonds is 2. The Morgan fingerprint density at radius 2 is 2.27 bits per heavy atom. The fourth-order valence-corrected chi connectivity index (χ4v) is 1.64. The van der Waals surface area contributed by atoms with E-state index < -0.39 is 0 Å². The standard InChI is InChI=1S/C11H8BrN3/c12-6-9-3-4-11(14-8-9)15-5-1-2-10(15)7-13/h1-5,8H,6H2. The van der Waals surface area contributed by atoms with E-state index in [4.69, 9.17) is 5.26 Å². The number of hydrogen-bond donors (Lipinski definition) is 0. The fourth-order valence-electron chi connectivity index (χ4n) is 1.31. The summed E-state index contributed by atoms with van der Waals surface area (Å²) in [7, 11) is 0. The molecule has 0 saturated carbocycles. The van der Waals surface area contributed by atoms with Crippen LogP contribution in [0.3, 0.4) is 0 Å². The highest BCUT2D eigenvalue weighted by Crippen LogP contribution is 2.11. The van der Waals surface area contributed by atoms with E-state index in [0.717, 1.165) is 16.7 Å². The van der Waals surface area contributed by atoms with Crippen molar-refractivity contribution in [1.29, 1.82) is 5.26 Å². The molecule has 0 N–H and O–H groups in total. The van der Waals surface area contributed by atoms with Gasteiger partial charge in [0.05, 0.1) is 0 Å². The van der Waals surface area contributed by atoms with Gasteiger partial charge in [-0.3, -0.25) is 4.57 Å². The first-order valence-corrected chi connectivity index (χ1v) is 5.56. The largest absolute Gasteiger partial charge is 0.293 e. The lowest BCUT2D eigenvalue weighted by atomic mass is 10.3. The van der Waals surface area contributed by atoms with Gasteiger partial charge in [0.25, 0.3) is 0 Å². The van der Waals surface area contributed by atoms with Gasteiger partial charge in [-0.2, -0.15) is 5.26 Å². The number of alkyl halides is 1. The monoisotopic (exact) mass is 261 g/mol. The van der Waals surface area contributed by atoms with E-state index in [1.54, 1.807) is 16.8 Å². The second-order valence-corrected chi connectivity index (χ2v) is 3.59. The van der Waals surface area contributed by atoms with Crippen LogP contribution in [-0.2, 0) is 5.33 Å². The molecule has 0 amide bonds. The van der Waals surface area contributed by atoms with E-state index in [1.807, 2.05) is 24.4 Å². The summed E-state index contributed by atoms with van der Waals surface area (Å²) in [5.74, 6) is 0.765. The molecule has 0 aliphatic rings. The predicted octanol–water partition coefficient (Wildman–Crippen LogP) is 2.64. The maximum absolute atomic E-state index is 8.86. The molecule has 0 radical (unpaired) electrons. The van der Waals surface area contributed by atoms with E-state index in [2.05, 4.69) is 27.0 Å². The van der Waals surface area contributed by atoms with Crippen molar-refractivity contribution in [2.45, 2.75) is 5.33 Å². The molecule has 0 fully saturated rings. The van der Waals surface area contributed by atoms with Gasteiger partial charge >= 0.3 is 0 Å². The van der Waals surface area contributed by atoms with E-state index >= 15 is 0 Å². The van der Waals surface area contributed by atoms with Gasteiger partial charge in [0.15, 0.2) is 0 Å². The van der Waals surface area contributed by atoms with Gasteiger partial charge in [-0.1, -0.05) is 22.0 Å². The van der Waals surface area contributed by atoms with Gasteiger partial charge in [-0.15, -0.1) is 0 Å². The van der Waals surface area contributed by atoms with Crippen molar-refractivity contribution in [3.05, 3.63) is 47.9 Å². The highest BCUT2D eigenvalue weighted by atomic mass is 79.9. The first-order valence-electron chi connectivity index (χ1n) is 4.44. The molecule has 2 aromatic heterocycles. The number of nitrogens with zero attached hydrogens (tertiary/aromatic N) is 3. The molecule has 0 spiro atoms. The maximum atomic E-state index is 8.86. The minimum absolute atomic E-state index is 0.592. The summed E-state index contributed by atoms with van der Waals surface area (Å²) in [6, 6.07) is 9.60. The van der Waals surface area contributed by atoms with Gasteiger partial charge in [-0.25, -0.2) is 4.98 Å². The third kappa shape index (κ3) is 1.92. The molecule has 4 heteroatoms. The summed E-state index contributed by atoms with van der Waals surface area (Å²) in [5.41, 5.74) is 1.71. The van der Waals surface area contributed by atoms with Crippen LogP contribution in [0.1, 0.15) is 11.3 Å². The number of aromatic nitrogens is 2. The number of hydrogen-bond acceptors (Lipinski definition) is 2. The average Bonchev–Trinajstić information content (AvgIpc) is 2.77. The van der Waals surface area contributed by atoms with Crippen LogP contribution in [0.4, 0.5) is 0 Å². The summed E-state index contributed by atoms with van der Waals surface area (Å²) < 4.78 is 1.76. The van der Waals surface area contributed by atoms with Gasteiger partial charge in [0.2, 0.25) is 0 Å². The molecule has 2 rings (SSSR count). The molecule has 0 aromatic carbocycles. The van der Waals surface area contributed by atoms with Crippen LogP contribution in [0.5, 0.6) is 0 Å². The normalized spacial score (nSPS) is 9.87. The number of halogens is 1. The molecule has 0 bridgehead atoms. The molecule has 74 valence electrons. The van der Waals surface area contributed by atoms with Crippen molar-refractivity contribution in [2.24, 2.45) is 0 Å². The highest BCUT2D eigenvalue weighted by molar-refractivity contribution is 9.08. The summed E-state index contributed by atoms with van der Waals surface area (Å²) in [6.45, 7) is 0. The molecular formula is C11H8BrN3. The lowest BCUT2D eigenvalue weighted by Gasteiger charge is -2.03. The lowest BCUT2D eigenvalue weighted by Crippen LogP contribution is -1.98. The van der Waals surface area contributed by atoms with Crippen LogP contribution in [0.25, 0.3) is 5.82 Å². The zero-order chi connectivity index (χ0) is 10.7. The van der Waals surface area contributed by atoms with Crippen molar-refractivity contribution in [1.82, 2.24) is 9.55 Å². The van der Waals surface area contributed by atoms with Gasteiger partial charge < -0.3 is 0 Å². The molecule has 2 heterocycles. The van der Waals surface area contributed by atoms with Crippen molar-refractivity contribution >= 4 is 15.9 Å². The zero-order valence-electron chi connectivity index (χ0n) is 7.89. The van der Waals surface area contributed by atoms with Crippen LogP contribution in [-0.4, -0.2) is 9.55 Å². The minimum atomic E-state index is 0.592. The van der Waals surface area contributed by atoms with Gasteiger partial charge in [-0.05, 0) is 23.8 Å². The second kappa shape index (κ2) is 4.28. The lowest BCUT2D eigenvalue weighted by molar-refractivity contribution is 0.983. The van der Waals surface area contributed by atoms with E-state index in [1.165, 1.54) is 0 Å². The van der Waals surface area contributed by atoms with Crippen molar-refractivity contribution in [2.75, 3.05) is 0 Å². The molecule has 15 heavy (non-hydrogen) atoms. The molecule has 0 aliphatic carbocycles. The zero-order valence-corrected chi connectivity index (χ0v) is 9.48. The van der Waals surface area contributed by atoms with Gasteiger partial charge in [0.1, 0.15) is 17.6 Å². The smallest absolute Gasteiger partial charge is 0.137 e. The van der Waals surface area contributed by atoms with Crippen LogP contribution in [0.15, 0.2) is 36.7 Å². The summed E-state index contributed by atoms with van der Waals surface area (Å²) in [4.78, 5) is 4.28. The molecular weight excluding hydrogens is 254 g/mol. The summed E-state index contributed by atoms with van der Waals surface area (Å²) >= 11 is 3.36. The van der Waals surface area contributed by atoms with Crippen LogP contribution in [0.2, 0.25) is 0 Å².